The van der Waals surface area contributed by atoms with E-state index in [2.05, 4.69) is 5.32 Å². The van der Waals surface area contributed by atoms with Gasteiger partial charge in [0.25, 0.3) is 0 Å². The second kappa shape index (κ2) is 2.96. The molecule has 0 heterocycles. The third-order valence-electron chi connectivity index (χ3n) is 0.258. The van der Waals surface area contributed by atoms with Crippen molar-refractivity contribution in [3.63, 3.8) is 0 Å². The summed E-state index contributed by atoms with van der Waals surface area (Å²) in [5, 5.41) is 3.61. The van der Waals surface area contributed by atoms with Crippen LogP contribution in [0.5, 0.6) is 0 Å². The maximum Gasteiger partial charge on any atom is 0.0381 e. The van der Waals surface area contributed by atoms with Crippen LogP contribution in [0.4, 0.5) is 0 Å². The van der Waals surface area contributed by atoms with E-state index in [4.69, 9.17) is 0 Å². The zero-order valence-corrected chi connectivity index (χ0v) is 3.02. The lowest BCUT2D eigenvalue weighted by molar-refractivity contribution is 0.963. The first-order valence-electron chi connectivity index (χ1n) is 1.28. The zero-order chi connectivity index (χ0) is 3.41. The molecule has 0 unspecified atom stereocenters. The summed E-state index contributed by atoms with van der Waals surface area (Å²) in [5.41, 5.74) is 0. The van der Waals surface area contributed by atoms with Crippen molar-refractivity contribution < 1.29 is 0 Å². The van der Waals surface area contributed by atoms with Crippen molar-refractivity contribution in [1.82, 2.24) is 5.32 Å². The molecule has 1 nitrogen and oxygen atoms in total. The lowest BCUT2D eigenvalue weighted by Gasteiger charge is -1.70. The maximum atomic E-state index is 3.61. The van der Waals surface area contributed by atoms with Gasteiger partial charge >= 0.3 is 0 Å². The van der Waals surface area contributed by atoms with Gasteiger partial charge in [-0.15, -0.1) is 0 Å². The normalized spacial score (nSPS) is 7.50. The molecule has 0 aliphatic rings. The van der Waals surface area contributed by atoms with E-state index < -0.39 is 0 Å². The van der Waals surface area contributed by atoms with Crippen LogP contribution < -0.4 is 5.32 Å². The highest BCUT2D eigenvalue weighted by molar-refractivity contribution is 4.39. The van der Waals surface area contributed by atoms with E-state index in [1.54, 1.807) is 13.6 Å². The summed E-state index contributed by atoms with van der Waals surface area (Å²) < 4.78 is 0. The standard InChI is InChI=1S/C3H7N/c1-3-4-2/h3H,1-2H3. The molecule has 4 heavy (non-hydrogen) atoms. The van der Waals surface area contributed by atoms with Gasteiger partial charge in [0.2, 0.25) is 0 Å². The van der Waals surface area contributed by atoms with Crippen LogP contribution in [-0.2, 0) is 0 Å². The SMILES string of the molecule is C[CH][N]C. The molecule has 0 rings (SSSR count). The highest BCUT2D eigenvalue weighted by atomic mass is 14.8. The molecule has 0 N–H and O–H groups in total. The lowest BCUT2D eigenvalue weighted by Crippen LogP contribution is -1.82. The molecule has 0 amide bonds. The minimum absolute atomic E-state index is 1.75. The second-order valence-corrected chi connectivity index (χ2v) is 0.516. The van der Waals surface area contributed by atoms with E-state index in [0.717, 1.165) is 0 Å². The Kier molecular flexibility index (Phi) is 2.93. The number of nitrogens with zero attached hydrogens (tertiary/aromatic N) is 1. The summed E-state index contributed by atoms with van der Waals surface area (Å²) in [6, 6.07) is 0. The summed E-state index contributed by atoms with van der Waals surface area (Å²) >= 11 is 0. The van der Waals surface area contributed by atoms with E-state index >= 15 is 0 Å². The summed E-state index contributed by atoms with van der Waals surface area (Å²) in [5.74, 6) is 0. The molecule has 0 saturated heterocycles. The Morgan fingerprint density at radius 3 is 2.00 bits per heavy atom. The largest absolute Gasteiger partial charge is 0.240 e. The Morgan fingerprint density at radius 1 is 1.75 bits per heavy atom. The van der Waals surface area contributed by atoms with E-state index in [0.29, 0.717) is 0 Å². The molecule has 0 atom stereocenters. The lowest BCUT2D eigenvalue weighted by atomic mass is 10.8. The minimum atomic E-state index is 1.75. The Morgan fingerprint density at radius 2 is 2.00 bits per heavy atom. The fraction of sp³-hybridized carbons (Fsp3) is 0.667. The van der Waals surface area contributed by atoms with Gasteiger partial charge in [0.15, 0.2) is 0 Å². The van der Waals surface area contributed by atoms with Gasteiger partial charge in [-0.25, -0.2) is 5.32 Å². The van der Waals surface area contributed by atoms with Crippen LogP contribution in [0.25, 0.3) is 0 Å². The first-order chi connectivity index (χ1) is 1.91. The highest BCUT2D eigenvalue weighted by Crippen LogP contribution is 1.52. The van der Waals surface area contributed by atoms with Gasteiger partial charge in [0, 0.05) is 13.6 Å². The molecule has 0 aromatic rings. The van der Waals surface area contributed by atoms with Crippen LogP contribution in [0, 0.1) is 6.54 Å². The predicted molar refractivity (Wildman–Crippen MR) is 18.0 cm³/mol. The van der Waals surface area contributed by atoms with Gasteiger partial charge in [0.1, 0.15) is 0 Å². The Bertz CT molecular complexity index is 5.25. The number of rotatable bonds is 1. The van der Waals surface area contributed by atoms with Crippen LogP contribution in [0.2, 0.25) is 0 Å². The molecular formula is C3H7N. The average molecular weight is 57.1 g/mol. The summed E-state index contributed by atoms with van der Waals surface area (Å²) in [6.07, 6.45) is 0. The second-order valence-electron chi connectivity index (χ2n) is 0.516. The van der Waals surface area contributed by atoms with Crippen LogP contribution in [-0.4, -0.2) is 7.05 Å². The van der Waals surface area contributed by atoms with E-state index in [-0.39, 0.29) is 0 Å². The Labute approximate surface area is 27.0 Å². The first kappa shape index (κ1) is 3.96. The van der Waals surface area contributed by atoms with Gasteiger partial charge in [-0.2, -0.15) is 0 Å². The zero-order valence-electron chi connectivity index (χ0n) is 3.02. The van der Waals surface area contributed by atoms with Crippen molar-refractivity contribution in [2.45, 2.75) is 6.92 Å². The van der Waals surface area contributed by atoms with Gasteiger partial charge < -0.3 is 0 Å². The van der Waals surface area contributed by atoms with E-state index in [9.17, 15) is 0 Å². The van der Waals surface area contributed by atoms with Crippen molar-refractivity contribution in [2.24, 2.45) is 0 Å². The third kappa shape index (κ3) is 1.96. The topological polar surface area (TPSA) is 14.1 Å². The molecule has 0 aromatic heterocycles. The molecule has 0 bridgehead atoms. The Hall–Kier alpha value is -0.0400. The summed E-state index contributed by atoms with van der Waals surface area (Å²) in [7, 11) is 1.75. The molecule has 0 fully saturated rings. The van der Waals surface area contributed by atoms with Crippen LogP contribution >= 0.6 is 0 Å². The van der Waals surface area contributed by atoms with Gasteiger partial charge in [0.05, 0.1) is 0 Å². The van der Waals surface area contributed by atoms with Gasteiger partial charge in [-0.05, 0) is 6.92 Å². The van der Waals surface area contributed by atoms with E-state index in [1.807, 2.05) is 6.92 Å². The van der Waals surface area contributed by atoms with Gasteiger partial charge in [-0.1, -0.05) is 0 Å². The smallest absolute Gasteiger partial charge is 0.0381 e. The fourth-order valence-electron chi connectivity index (χ4n) is 0. The highest BCUT2D eigenvalue weighted by Gasteiger charge is 1.55. The third-order valence-corrected chi connectivity index (χ3v) is 0.258. The van der Waals surface area contributed by atoms with Crippen LogP contribution in [0.15, 0.2) is 0 Å². The van der Waals surface area contributed by atoms with Crippen molar-refractivity contribution in [1.29, 1.82) is 0 Å². The molecule has 0 aliphatic heterocycles. The van der Waals surface area contributed by atoms with Crippen molar-refractivity contribution in [3.05, 3.63) is 6.54 Å². The number of hydrogen-bond donors (Lipinski definition) is 0. The van der Waals surface area contributed by atoms with Crippen LogP contribution in [0.1, 0.15) is 6.92 Å². The maximum absolute atomic E-state index is 3.61. The van der Waals surface area contributed by atoms with Gasteiger partial charge in [-0.3, -0.25) is 0 Å². The van der Waals surface area contributed by atoms with Crippen LogP contribution in [0.3, 0.4) is 0 Å². The predicted octanol–water partition coefficient (Wildman–Crippen LogP) is 0.402. The molecular weight excluding hydrogens is 50.0 g/mol. The summed E-state index contributed by atoms with van der Waals surface area (Å²) in [6.45, 7) is 3.64. The average Bonchev–Trinajstić information content (AvgIpc) is 1.37. The molecule has 1 heteroatoms. The molecule has 0 saturated carbocycles. The summed E-state index contributed by atoms with van der Waals surface area (Å²) in [4.78, 5) is 0. The monoisotopic (exact) mass is 57.1 g/mol. The van der Waals surface area contributed by atoms with Crippen molar-refractivity contribution in [2.75, 3.05) is 7.05 Å². The quantitative estimate of drug-likeness (QED) is 0.413. The molecule has 0 spiro atoms. The first-order valence-corrected chi connectivity index (χ1v) is 1.28. The molecule has 24 valence electrons. The Balaban J connectivity index is 1.97. The number of hydrogen-bond acceptors (Lipinski definition) is 0. The molecule has 0 aromatic carbocycles. The fourth-order valence-corrected chi connectivity index (χ4v) is 0. The minimum Gasteiger partial charge on any atom is -0.240 e. The van der Waals surface area contributed by atoms with Crippen molar-refractivity contribution >= 4 is 0 Å². The van der Waals surface area contributed by atoms with E-state index in [1.165, 1.54) is 0 Å². The van der Waals surface area contributed by atoms with Crippen molar-refractivity contribution in [3.8, 4) is 0 Å². The molecule has 0 aliphatic carbocycles. The molecule has 2 radical (unpaired) electrons.